The van der Waals surface area contributed by atoms with Gasteiger partial charge in [0.15, 0.2) is 5.65 Å². The Morgan fingerprint density at radius 3 is 2.82 bits per heavy atom. The zero-order valence-electron chi connectivity index (χ0n) is 12.5. The average Bonchev–Trinajstić information content (AvgIpc) is 3.05. The third-order valence-electron chi connectivity index (χ3n) is 2.89. The number of fused-ring (bicyclic) bond motifs is 1. The number of hydrogen-bond donors (Lipinski definition) is 1. The van der Waals surface area contributed by atoms with Crippen molar-refractivity contribution in [2.45, 2.75) is 26.3 Å². The van der Waals surface area contributed by atoms with Crippen LogP contribution in [0.3, 0.4) is 0 Å². The van der Waals surface area contributed by atoms with E-state index in [1.807, 2.05) is 18.2 Å². The summed E-state index contributed by atoms with van der Waals surface area (Å²) in [6, 6.07) is 7.50. The van der Waals surface area contributed by atoms with E-state index in [9.17, 15) is 4.39 Å². The van der Waals surface area contributed by atoms with Gasteiger partial charge in [-0.15, -0.1) is 15.7 Å². The lowest BCUT2D eigenvalue weighted by Gasteiger charge is -2.22. The Morgan fingerprint density at radius 1 is 1.27 bits per heavy atom. The molecule has 4 nitrogen and oxygen atoms in total. The van der Waals surface area contributed by atoms with Gasteiger partial charge in [-0.1, -0.05) is 0 Å². The number of aromatic nitrogens is 3. The molecule has 0 aliphatic heterocycles. The lowest BCUT2D eigenvalue weighted by Crippen LogP contribution is -2.27. The summed E-state index contributed by atoms with van der Waals surface area (Å²) in [4.78, 5) is 6.22. The predicted octanol–water partition coefficient (Wildman–Crippen LogP) is 3.95. The predicted molar refractivity (Wildman–Crippen MR) is 87.7 cm³/mol. The molecular weight excluding hydrogens is 299 g/mol. The molecule has 1 N–H and O–H groups in total. The summed E-state index contributed by atoms with van der Waals surface area (Å²) in [6.45, 7) is 6.26. The molecule has 0 aliphatic rings. The fourth-order valence-corrected chi connectivity index (χ4v) is 2.91. The second-order valence-corrected chi connectivity index (χ2v) is 6.97. The van der Waals surface area contributed by atoms with Crippen LogP contribution in [0.2, 0.25) is 0 Å². The maximum absolute atomic E-state index is 12.1. The third-order valence-corrected chi connectivity index (χ3v) is 3.91. The van der Waals surface area contributed by atoms with Crippen LogP contribution in [0.5, 0.6) is 0 Å². The quantitative estimate of drug-likeness (QED) is 0.728. The van der Waals surface area contributed by atoms with E-state index in [1.54, 1.807) is 16.8 Å². The Bertz CT molecular complexity index is 877. The molecular formula is C16H15FN4S. The molecule has 3 aromatic heterocycles. The highest BCUT2D eigenvalue weighted by Gasteiger charge is 2.15. The van der Waals surface area contributed by atoms with Gasteiger partial charge in [0.05, 0.1) is 21.6 Å². The van der Waals surface area contributed by atoms with Crippen LogP contribution in [0.4, 0.5) is 10.2 Å². The molecule has 0 fully saturated rings. The highest BCUT2D eigenvalue weighted by atomic mass is 32.1. The molecule has 6 heteroatoms. The molecule has 0 aliphatic carbocycles. The number of rotatable bonds is 2. The van der Waals surface area contributed by atoms with Gasteiger partial charge in [-0.3, -0.25) is 0 Å². The first-order chi connectivity index (χ1) is 10.5. The van der Waals surface area contributed by atoms with Gasteiger partial charge in [0, 0.05) is 17.7 Å². The zero-order valence-corrected chi connectivity index (χ0v) is 13.3. The van der Waals surface area contributed by atoms with Gasteiger partial charge < -0.3 is 5.32 Å². The van der Waals surface area contributed by atoms with Crippen molar-refractivity contribution in [3.63, 3.8) is 0 Å². The van der Waals surface area contributed by atoms with E-state index < -0.39 is 0 Å². The van der Waals surface area contributed by atoms with Gasteiger partial charge in [-0.25, -0.2) is 4.98 Å². The van der Waals surface area contributed by atoms with E-state index in [1.165, 1.54) is 17.5 Å². The number of halogens is 1. The van der Waals surface area contributed by atoms with Crippen molar-refractivity contribution in [2.75, 3.05) is 5.32 Å². The SMILES string of the molecule is CC(C)(C)Nc1cc(-c2ccc(C#CF)s2)nc2ccnn12. The highest BCUT2D eigenvalue weighted by Crippen LogP contribution is 2.29. The van der Waals surface area contributed by atoms with Gasteiger partial charge in [-0.05, 0) is 38.8 Å². The van der Waals surface area contributed by atoms with Crippen molar-refractivity contribution in [3.8, 4) is 22.7 Å². The van der Waals surface area contributed by atoms with E-state index in [0.29, 0.717) is 4.88 Å². The van der Waals surface area contributed by atoms with E-state index in [0.717, 1.165) is 22.0 Å². The van der Waals surface area contributed by atoms with E-state index in [-0.39, 0.29) is 5.54 Å². The van der Waals surface area contributed by atoms with Crippen LogP contribution in [0.15, 0.2) is 30.5 Å². The van der Waals surface area contributed by atoms with Crippen LogP contribution in [0, 0.1) is 12.1 Å². The standard InChI is InChI=1S/C16H15FN4S/c1-16(2,3)20-15-10-12(19-14-7-9-18-21(14)15)13-5-4-11(22-13)6-8-17/h4-5,7,9-10,20H,1-3H3. The lowest BCUT2D eigenvalue weighted by atomic mass is 10.1. The Hall–Kier alpha value is -2.39. The molecule has 3 heterocycles. The molecule has 22 heavy (non-hydrogen) atoms. The Balaban J connectivity index is 2.10. The summed E-state index contributed by atoms with van der Waals surface area (Å²) in [5.74, 6) is 3.29. The van der Waals surface area contributed by atoms with Crippen molar-refractivity contribution in [3.05, 3.63) is 35.3 Å². The molecule has 112 valence electrons. The number of nitrogens with zero attached hydrogens (tertiary/aromatic N) is 3. The van der Waals surface area contributed by atoms with E-state index >= 15 is 0 Å². The monoisotopic (exact) mass is 314 g/mol. The first-order valence-electron chi connectivity index (χ1n) is 6.81. The Labute approximate surface area is 132 Å². The van der Waals surface area contributed by atoms with Gasteiger partial charge in [-0.2, -0.15) is 9.61 Å². The minimum atomic E-state index is -0.0994. The second kappa shape index (κ2) is 5.43. The fourth-order valence-electron chi connectivity index (χ4n) is 2.10. The molecule has 0 bridgehead atoms. The highest BCUT2D eigenvalue weighted by molar-refractivity contribution is 7.16. The molecule has 0 saturated heterocycles. The summed E-state index contributed by atoms with van der Waals surface area (Å²) in [7, 11) is 0. The third kappa shape index (κ3) is 2.95. The van der Waals surface area contributed by atoms with Crippen molar-refractivity contribution < 1.29 is 4.39 Å². The summed E-state index contributed by atoms with van der Waals surface area (Å²) < 4.78 is 13.9. The molecule has 0 saturated carbocycles. The van der Waals surface area contributed by atoms with Crippen LogP contribution in [-0.2, 0) is 0 Å². The zero-order chi connectivity index (χ0) is 15.7. The Morgan fingerprint density at radius 2 is 2.09 bits per heavy atom. The fraction of sp³-hybridized carbons (Fsp3) is 0.250. The molecule has 3 rings (SSSR count). The summed E-state index contributed by atoms with van der Waals surface area (Å²) >= 11 is 1.41. The van der Waals surface area contributed by atoms with Gasteiger partial charge in [0.2, 0.25) is 0 Å². The van der Waals surface area contributed by atoms with Crippen molar-refractivity contribution in [1.82, 2.24) is 14.6 Å². The number of thiophene rings is 1. The topological polar surface area (TPSA) is 42.2 Å². The lowest BCUT2D eigenvalue weighted by molar-refractivity contribution is 0.625. The van der Waals surface area contributed by atoms with Crippen molar-refractivity contribution in [2.24, 2.45) is 0 Å². The summed E-state index contributed by atoms with van der Waals surface area (Å²) in [5, 5.41) is 7.72. The number of anilines is 1. The van der Waals surface area contributed by atoms with Crippen LogP contribution < -0.4 is 5.32 Å². The minimum absolute atomic E-state index is 0.0994. The normalized spacial score (nSPS) is 11.3. The van der Waals surface area contributed by atoms with Crippen molar-refractivity contribution >= 4 is 22.8 Å². The maximum Gasteiger partial charge on any atom is 0.158 e. The minimum Gasteiger partial charge on any atom is -0.365 e. The molecule has 0 unspecified atom stereocenters. The molecule has 0 aromatic carbocycles. The number of nitrogens with one attached hydrogen (secondary N) is 1. The van der Waals surface area contributed by atoms with Crippen LogP contribution in [0.25, 0.3) is 16.2 Å². The molecule has 0 amide bonds. The first-order valence-corrected chi connectivity index (χ1v) is 7.63. The van der Waals surface area contributed by atoms with Gasteiger partial charge in [0.25, 0.3) is 0 Å². The maximum atomic E-state index is 12.1. The van der Waals surface area contributed by atoms with Gasteiger partial charge in [0.1, 0.15) is 12.0 Å². The number of hydrogen-bond acceptors (Lipinski definition) is 4. The largest absolute Gasteiger partial charge is 0.365 e. The smallest absolute Gasteiger partial charge is 0.158 e. The molecule has 0 radical (unpaired) electrons. The van der Waals surface area contributed by atoms with Crippen LogP contribution in [-0.4, -0.2) is 20.1 Å². The van der Waals surface area contributed by atoms with Crippen LogP contribution >= 0.6 is 11.3 Å². The molecule has 0 spiro atoms. The van der Waals surface area contributed by atoms with Crippen molar-refractivity contribution in [1.29, 1.82) is 0 Å². The molecule has 3 aromatic rings. The van der Waals surface area contributed by atoms with E-state index in [4.69, 9.17) is 0 Å². The Kier molecular flexibility index (Phi) is 3.59. The first kappa shape index (κ1) is 14.5. The van der Waals surface area contributed by atoms with Crippen LogP contribution in [0.1, 0.15) is 25.6 Å². The average molecular weight is 314 g/mol. The molecule has 0 atom stereocenters. The summed E-state index contributed by atoms with van der Waals surface area (Å²) in [5.41, 5.74) is 1.48. The van der Waals surface area contributed by atoms with E-state index in [2.05, 4.69) is 42.1 Å². The summed E-state index contributed by atoms with van der Waals surface area (Å²) in [6.07, 6.45) is 3.15. The second-order valence-electron chi connectivity index (χ2n) is 5.89. The van der Waals surface area contributed by atoms with Gasteiger partial charge >= 0.3 is 0 Å².